The van der Waals surface area contributed by atoms with E-state index in [-0.39, 0.29) is 11.9 Å². The van der Waals surface area contributed by atoms with Crippen LogP contribution in [0.3, 0.4) is 0 Å². The second kappa shape index (κ2) is 5.04. The van der Waals surface area contributed by atoms with E-state index < -0.39 is 12.0 Å². The summed E-state index contributed by atoms with van der Waals surface area (Å²) in [5.41, 5.74) is 0. The zero-order chi connectivity index (χ0) is 12.4. The molecular weight excluding hydrogens is 220 g/mol. The van der Waals surface area contributed by atoms with Crippen molar-refractivity contribution < 1.29 is 14.7 Å². The van der Waals surface area contributed by atoms with Crippen LogP contribution in [0, 0.1) is 0 Å². The monoisotopic (exact) mass is 240 g/mol. The number of aliphatic carboxylic acids is 1. The molecule has 2 saturated heterocycles. The lowest BCUT2D eigenvalue weighted by Gasteiger charge is -2.31. The van der Waals surface area contributed by atoms with Gasteiger partial charge in [-0.05, 0) is 25.8 Å². The van der Waals surface area contributed by atoms with E-state index in [1.165, 1.54) is 0 Å². The molecular formula is C12H20N2O3. The highest BCUT2D eigenvalue weighted by Crippen LogP contribution is 2.24. The molecule has 2 aliphatic heterocycles. The third-order valence-corrected chi connectivity index (χ3v) is 3.88. The van der Waals surface area contributed by atoms with Gasteiger partial charge in [-0.25, -0.2) is 0 Å². The molecule has 0 aromatic carbocycles. The average Bonchev–Trinajstić information content (AvgIpc) is 2.55. The molecule has 96 valence electrons. The predicted octanol–water partition coefficient (Wildman–Crippen LogP) is 0.546. The molecule has 0 radical (unpaired) electrons. The van der Waals surface area contributed by atoms with Crippen molar-refractivity contribution in [3.63, 3.8) is 0 Å². The lowest BCUT2D eigenvalue weighted by atomic mass is 10.1. The first-order chi connectivity index (χ1) is 8.11. The highest BCUT2D eigenvalue weighted by atomic mass is 16.4. The van der Waals surface area contributed by atoms with Gasteiger partial charge in [0, 0.05) is 13.6 Å². The van der Waals surface area contributed by atoms with E-state index in [1.807, 2.05) is 4.90 Å². The van der Waals surface area contributed by atoms with Crippen LogP contribution >= 0.6 is 0 Å². The van der Waals surface area contributed by atoms with Crippen molar-refractivity contribution >= 4 is 11.9 Å². The van der Waals surface area contributed by atoms with E-state index in [0.717, 1.165) is 38.8 Å². The minimum atomic E-state index is -0.783. The second-order valence-electron chi connectivity index (χ2n) is 5.01. The summed E-state index contributed by atoms with van der Waals surface area (Å²) in [6.07, 6.45) is 4.44. The molecule has 0 spiro atoms. The number of hydrogen-bond acceptors (Lipinski definition) is 3. The third-order valence-electron chi connectivity index (χ3n) is 3.88. The number of hydrogen-bond donors (Lipinski definition) is 1. The van der Waals surface area contributed by atoms with Gasteiger partial charge in [0.25, 0.3) is 0 Å². The van der Waals surface area contributed by atoms with Gasteiger partial charge >= 0.3 is 5.97 Å². The topological polar surface area (TPSA) is 60.9 Å². The van der Waals surface area contributed by atoms with Crippen LogP contribution in [-0.4, -0.2) is 59.0 Å². The van der Waals surface area contributed by atoms with Crippen molar-refractivity contribution in [3.8, 4) is 0 Å². The first-order valence-electron chi connectivity index (χ1n) is 6.35. The molecule has 0 aromatic heterocycles. The number of rotatable bonds is 2. The molecule has 2 atom stereocenters. The quantitative estimate of drug-likeness (QED) is 0.765. The van der Waals surface area contributed by atoms with E-state index >= 15 is 0 Å². The summed E-state index contributed by atoms with van der Waals surface area (Å²) >= 11 is 0. The molecule has 2 aliphatic rings. The maximum atomic E-state index is 12.0. The minimum absolute atomic E-state index is 0.0816. The first kappa shape index (κ1) is 12.4. The SMILES string of the molecule is CN1CCC(N2CCCCCC2C(=O)O)C1=O. The molecule has 1 amide bonds. The Hall–Kier alpha value is -1.10. The molecule has 5 nitrogen and oxygen atoms in total. The summed E-state index contributed by atoms with van der Waals surface area (Å²) in [5.74, 6) is -0.701. The summed E-state index contributed by atoms with van der Waals surface area (Å²) in [6.45, 7) is 1.48. The number of carbonyl (C=O) groups excluding carboxylic acids is 1. The van der Waals surface area contributed by atoms with E-state index in [2.05, 4.69) is 0 Å². The number of carboxylic acids is 1. The van der Waals surface area contributed by atoms with Crippen molar-refractivity contribution in [1.29, 1.82) is 0 Å². The van der Waals surface area contributed by atoms with Crippen molar-refractivity contribution in [3.05, 3.63) is 0 Å². The molecule has 0 bridgehead atoms. The number of amides is 1. The zero-order valence-corrected chi connectivity index (χ0v) is 10.3. The summed E-state index contributed by atoms with van der Waals surface area (Å²) in [7, 11) is 1.79. The normalized spacial score (nSPS) is 31.6. The molecule has 1 N–H and O–H groups in total. The van der Waals surface area contributed by atoms with Gasteiger partial charge in [-0.1, -0.05) is 12.8 Å². The second-order valence-corrected chi connectivity index (χ2v) is 5.01. The van der Waals surface area contributed by atoms with Crippen LogP contribution in [0.4, 0.5) is 0 Å². The number of nitrogens with zero attached hydrogens (tertiary/aromatic N) is 2. The van der Waals surface area contributed by atoms with E-state index in [1.54, 1.807) is 11.9 Å². The van der Waals surface area contributed by atoms with Gasteiger partial charge in [-0.15, -0.1) is 0 Å². The maximum absolute atomic E-state index is 12.0. The summed E-state index contributed by atoms with van der Waals surface area (Å²) in [5, 5.41) is 9.28. The highest BCUT2D eigenvalue weighted by molar-refractivity contribution is 5.84. The van der Waals surface area contributed by atoms with Gasteiger partial charge in [-0.2, -0.15) is 0 Å². The molecule has 0 saturated carbocycles. The van der Waals surface area contributed by atoms with Crippen molar-refractivity contribution in [2.75, 3.05) is 20.1 Å². The first-order valence-corrected chi connectivity index (χ1v) is 6.35. The van der Waals surface area contributed by atoms with Crippen LogP contribution in [0.2, 0.25) is 0 Å². The van der Waals surface area contributed by atoms with Gasteiger partial charge in [0.2, 0.25) is 5.91 Å². The van der Waals surface area contributed by atoms with Crippen LogP contribution in [0.25, 0.3) is 0 Å². The van der Waals surface area contributed by atoms with Crippen LogP contribution < -0.4 is 0 Å². The molecule has 2 unspecified atom stereocenters. The van der Waals surface area contributed by atoms with Gasteiger partial charge in [0.05, 0.1) is 6.04 Å². The lowest BCUT2D eigenvalue weighted by Crippen LogP contribution is -2.50. The fraction of sp³-hybridized carbons (Fsp3) is 0.833. The smallest absolute Gasteiger partial charge is 0.320 e. The van der Waals surface area contributed by atoms with Gasteiger partial charge in [0.15, 0.2) is 0 Å². The highest BCUT2D eigenvalue weighted by Gasteiger charge is 2.39. The Morgan fingerprint density at radius 1 is 1.24 bits per heavy atom. The number of carbonyl (C=O) groups is 2. The number of likely N-dealkylation sites (tertiary alicyclic amines) is 2. The lowest BCUT2D eigenvalue weighted by molar-refractivity contribution is -0.146. The molecule has 0 aliphatic carbocycles. The Balaban J connectivity index is 2.15. The summed E-state index contributed by atoms with van der Waals surface area (Å²) in [6, 6.07) is -0.683. The molecule has 2 rings (SSSR count). The van der Waals surface area contributed by atoms with Gasteiger partial charge in [0.1, 0.15) is 6.04 Å². The molecule has 2 fully saturated rings. The van der Waals surface area contributed by atoms with E-state index in [0.29, 0.717) is 6.42 Å². The van der Waals surface area contributed by atoms with Crippen molar-refractivity contribution in [2.24, 2.45) is 0 Å². The molecule has 2 heterocycles. The Labute approximate surface area is 101 Å². The van der Waals surface area contributed by atoms with Gasteiger partial charge < -0.3 is 10.0 Å². The standard InChI is InChI=1S/C12H20N2O3/c1-13-8-6-9(11(13)15)14-7-4-2-3-5-10(14)12(16)17/h9-10H,2-8H2,1H3,(H,16,17). The van der Waals surface area contributed by atoms with Crippen LogP contribution in [0.1, 0.15) is 32.1 Å². The largest absolute Gasteiger partial charge is 0.480 e. The van der Waals surface area contributed by atoms with Crippen molar-refractivity contribution in [1.82, 2.24) is 9.80 Å². The average molecular weight is 240 g/mol. The Morgan fingerprint density at radius 2 is 2.00 bits per heavy atom. The summed E-state index contributed by atoms with van der Waals surface area (Å²) < 4.78 is 0. The fourth-order valence-corrected chi connectivity index (χ4v) is 2.88. The van der Waals surface area contributed by atoms with Crippen LogP contribution in [0.15, 0.2) is 0 Å². The third kappa shape index (κ3) is 2.44. The minimum Gasteiger partial charge on any atom is -0.480 e. The zero-order valence-electron chi connectivity index (χ0n) is 10.3. The molecule has 17 heavy (non-hydrogen) atoms. The Kier molecular flexibility index (Phi) is 3.66. The van der Waals surface area contributed by atoms with Crippen LogP contribution in [0.5, 0.6) is 0 Å². The van der Waals surface area contributed by atoms with Crippen molar-refractivity contribution in [2.45, 2.75) is 44.2 Å². The summed E-state index contributed by atoms with van der Waals surface area (Å²) in [4.78, 5) is 26.9. The molecule has 0 aromatic rings. The molecule has 5 heteroatoms. The van der Waals surface area contributed by atoms with E-state index in [4.69, 9.17) is 0 Å². The Morgan fingerprint density at radius 3 is 2.59 bits per heavy atom. The van der Waals surface area contributed by atoms with Crippen LogP contribution in [-0.2, 0) is 9.59 Å². The maximum Gasteiger partial charge on any atom is 0.320 e. The Bertz CT molecular complexity index is 319. The predicted molar refractivity (Wildman–Crippen MR) is 62.6 cm³/mol. The van der Waals surface area contributed by atoms with E-state index in [9.17, 15) is 14.7 Å². The fourth-order valence-electron chi connectivity index (χ4n) is 2.88. The van der Waals surface area contributed by atoms with Gasteiger partial charge in [-0.3, -0.25) is 14.5 Å². The number of carboxylic acid groups (broad SMARTS) is 1. The number of likely N-dealkylation sites (N-methyl/N-ethyl adjacent to an activating group) is 1.